The van der Waals surface area contributed by atoms with Crippen molar-refractivity contribution in [3.05, 3.63) is 23.9 Å². The fourth-order valence-corrected chi connectivity index (χ4v) is 3.49. The lowest BCUT2D eigenvalue weighted by atomic mass is 10.1. The van der Waals surface area contributed by atoms with Crippen molar-refractivity contribution in [3.63, 3.8) is 0 Å². The molecule has 1 aliphatic rings. The average molecular weight is 285 g/mol. The largest absolute Gasteiger partial charge is 0.395 e. The van der Waals surface area contributed by atoms with E-state index in [1.807, 2.05) is 12.1 Å². The van der Waals surface area contributed by atoms with E-state index < -0.39 is 10.0 Å². The van der Waals surface area contributed by atoms with Crippen LogP contribution < -0.4 is 5.32 Å². The van der Waals surface area contributed by atoms with E-state index >= 15 is 0 Å². The third-order valence-electron chi connectivity index (χ3n) is 3.16. The van der Waals surface area contributed by atoms with Crippen molar-refractivity contribution >= 4 is 15.8 Å². The van der Waals surface area contributed by atoms with E-state index in [9.17, 15) is 8.42 Å². The Hall–Kier alpha value is -1.18. The molecular weight excluding hydrogens is 266 g/mol. The standard InChI is InChI=1S/C12H19N3O3S/c1-19(17,18)15-8-3-5-11(15)10-4-2-6-12(14-10)13-7-9-16/h2,4,6,11,16H,3,5,7-9H2,1H3,(H,13,14)/t11-/m0/s1. The first kappa shape index (κ1) is 14.2. The SMILES string of the molecule is CS(=O)(=O)N1CCC[C@H]1c1cccc(NCCO)n1. The summed E-state index contributed by atoms with van der Waals surface area (Å²) >= 11 is 0. The van der Waals surface area contributed by atoms with E-state index in [0.29, 0.717) is 18.9 Å². The van der Waals surface area contributed by atoms with Gasteiger partial charge in [0, 0.05) is 13.1 Å². The second-order valence-electron chi connectivity index (χ2n) is 4.63. The molecular formula is C12H19N3O3S. The van der Waals surface area contributed by atoms with E-state index in [0.717, 1.165) is 18.5 Å². The third-order valence-corrected chi connectivity index (χ3v) is 4.45. The monoisotopic (exact) mass is 285 g/mol. The summed E-state index contributed by atoms with van der Waals surface area (Å²) in [6.07, 6.45) is 2.89. The Bertz CT molecular complexity index is 533. The van der Waals surface area contributed by atoms with E-state index in [4.69, 9.17) is 5.11 Å². The molecule has 1 aromatic heterocycles. The molecule has 1 aliphatic heterocycles. The lowest BCUT2D eigenvalue weighted by molar-refractivity contribution is 0.311. The van der Waals surface area contributed by atoms with Crippen LogP contribution in [0.3, 0.4) is 0 Å². The summed E-state index contributed by atoms with van der Waals surface area (Å²) in [5, 5.41) is 11.8. The van der Waals surface area contributed by atoms with Crippen molar-refractivity contribution in [2.24, 2.45) is 0 Å². The van der Waals surface area contributed by atoms with Crippen molar-refractivity contribution in [1.82, 2.24) is 9.29 Å². The van der Waals surface area contributed by atoms with Crippen molar-refractivity contribution in [2.75, 3.05) is 31.3 Å². The van der Waals surface area contributed by atoms with Gasteiger partial charge in [-0.3, -0.25) is 0 Å². The summed E-state index contributed by atoms with van der Waals surface area (Å²) in [7, 11) is -3.20. The number of nitrogens with zero attached hydrogens (tertiary/aromatic N) is 2. The lowest BCUT2D eigenvalue weighted by Crippen LogP contribution is -2.30. The zero-order chi connectivity index (χ0) is 13.9. The minimum absolute atomic E-state index is 0.0325. The van der Waals surface area contributed by atoms with E-state index in [1.54, 1.807) is 6.07 Å². The molecule has 0 saturated carbocycles. The lowest BCUT2D eigenvalue weighted by Gasteiger charge is -2.22. The van der Waals surface area contributed by atoms with Gasteiger partial charge < -0.3 is 10.4 Å². The highest BCUT2D eigenvalue weighted by Gasteiger charge is 2.33. The Morgan fingerprint density at radius 3 is 3.00 bits per heavy atom. The smallest absolute Gasteiger partial charge is 0.211 e. The number of aromatic nitrogens is 1. The first-order valence-electron chi connectivity index (χ1n) is 6.31. The van der Waals surface area contributed by atoms with Crippen LogP contribution in [0.2, 0.25) is 0 Å². The van der Waals surface area contributed by atoms with Gasteiger partial charge in [0.1, 0.15) is 5.82 Å². The maximum Gasteiger partial charge on any atom is 0.211 e. The number of hydrogen-bond donors (Lipinski definition) is 2. The molecule has 0 amide bonds. The molecule has 1 aromatic rings. The van der Waals surface area contributed by atoms with Gasteiger partial charge in [0.05, 0.1) is 24.6 Å². The molecule has 0 unspecified atom stereocenters. The fourth-order valence-electron chi connectivity index (χ4n) is 2.35. The number of sulfonamides is 1. The molecule has 2 rings (SSSR count). The molecule has 1 fully saturated rings. The van der Waals surface area contributed by atoms with Gasteiger partial charge in [-0.15, -0.1) is 0 Å². The minimum Gasteiger partial charge on any atom is -0.395 e. The molecule has 0 spiro atoms. The highest BCUT2D eigenvalue weighted by atomic mass is 32.2. The summed E-state index contributed by atoms with van der Waals surface area (Å²) < 4.78 is 25.0. The van der Waals surface area contributed by atoms with Crippen LogP contribution in [0.15, 0.2) is 18.2 Å². The van der Waals surface area contributed by atoms with Crippen LogP contribution in [0.1, 0.15) is 24.6 Å². The van der Waals surface area contributed by atoms with Crippen LogP contribution >= 0.6 is 0 Å². The number of hydrogen-bond acceptors (Lipinski definition) is 5. The predicted octanol–water partition coefficient (Wildman–Crippen LogP) is 0.582. The molecule has 2 heterocycles. The maximum atomic E-state index is 11.7. The summed E-state index contributed by atoms with van der Waals surface area (Å²) in [5.74, 6) is 0.659. The second-order valence-corrected chi connectivity index (χ2v) is 6.56. The second kappa shape index (κ2) is 5.85. The van der Waals surface area contributed by atoms with Gasteiger partial charge in [-0.05, 0) is 25.0 Å². The van der Waals surface area contributed by atoms with Crippen molar-refractivity contribution in [1.29, 1.82) is 0 Å². The molecule has 0 aliphatic carbocycles. The van der Waals surface area contributed by atoms with Crippen molar-refractivity contribution in [2.45, 2.75) is 18.9 Å². The van der Waals surface area contributed by atoms with Crippen LogP contribution in [-0.2, 0) is 10.0 Å². The Kier molecular flexibility index (Phi) is 4.38. The number of rotatable bonds is 5. The molecule has 6 nitrogen and oxygen atoms in total. The van der Waals surface area contributed by atoms with Crippen molar-refractivity contribution < 1.29 is 13.5 Å². The molecule has 1 saturated heterocycles. The van der Waals surface area contributed by atoms with Gasteiger partial charge in [0.25, 0.3) is 0 Å². The van der Waals surface area contributed by atoms with E-state index in [2.05, 4.69) is 10.3 Å². The first-order valence-corrected chi connectivity index (χ1v) is 8.15. The molecule has 0 bridgehead atoms. The van der Waals surface area contributed by atoms with Crippen molar-refractivity contribution in [3.8, 4) is 0 Å². The van der Waals surface area contributed by atoms with Crippen LogP contribution in [-0.4, -0.2) is 48.8 Å². The van der Waals surface area contributed by atoms with Gasteiger partial charge in [-0.1, -0.05) is 6.07 Å². The van der Waals surface area contributed by atoms with Gasteiger partial charge in [-0.2, -0.15) is 4.31 Å². The maximum absolute atomic E-state index is 11.7. The first-order chi connectivity index (χ1) is 9.02. The Balaban J connectivity index is 2.21. The van der Waals surface area contributed by atoms with Gasteiger partial charge >= 0.3 is 0 Å². The third kappa shape index (κ3) is 3.43. The van der Waals surface area contributed by atoms with E-state index in [-0.39, 0.29) is 12.6 Å². The zero-order valence-electron chi connectivity index (χ0n) is 10.9. The summed E-state index contributed by atoms with van der Waals surface area (Å²) in [6.45, 7) is 1.02. The highest BCUT2D eigenvalue weighted by Crippen LogP contribution is 2.33. The van der Waals surface area contributed by atoms with Crippen LogP contribution in [0.4, 0.5) is 5.82 Å². The Morgan fingerprint density at radius 1 is 1.53 bits per heavy atom. The van der Waals surface area contributed by atoms with Crippen LogP contribution in [0.5, 0.6) is 0 Å². The highest BCUT2D eigenvalue weighted by molar-refractivity contribution is 7.88. The number of aliphatic hydroxyl groups is 1. The molecule has 7 heteroatoms. The molecule has 0 radical (unpaired) electrons. The summed E-state index contributed by atoms with van der Waals surface area (Å²) in [4.78, 5) is 4.43. The minimum atomic E-state index is -3.20. The molecule has 2 N–H and O–H groups in total. The summed E-state index contributed by atoms with van der Waals surface area (Å²) in [6, 6.07) is 5.32. The Morgan fingerprint density at radius 2 is 2.32 bits per heavy atom. The predicted molar refractivity (Wildman–Crippen MR) is 73.3 cm³/mol. The normalized spacial score (nSPS) is 20.6. The van der Waals surface area contributed by atoms with Gasteiger partial charge in [-0.25, -0.2) is 13.4 Å². The fraction of sp³-hybridized carbons (Fsp3) is 0.583. The quantitative estimate of drug-likeness (QED) is 0.827. The zero-order valence-corrected chi connectivity index (χ0v) is 11.7. The topological polar surface area (TPSA) is 82.5 Å². The van der Waals surface area contributed by atoms with Gasteiger partial charge in [0.2, 0.25) is 10.0 Å². The molecule has 19 heavy (non-hydrogen) atoms. The number of aliphatic hydroxyl groups excluding tert-OH is 1. The molecule has 0 aromatic carbocycles. The Labute approximate surface area is 113 Å². The van der Waals surface area contributed by atoms with Crippen LogP contribution in [0.25, 0.3) is 0 Å². The average Bonchev–Trinajstić information content (AvgIpc) is 2.86. The molecule has 106 valence electrons. The number of anilines is 1. The van der Waals surface area contributed by atoms with E-state index in [1.165, 1.54) is 10.6 Å². The van der Waals surface area contributed by atoms with Gasteiger partial charge in [0.15, 0.2) is 0 Å². The molecule has 1 atom stereocenters. The summed E-state index contributed by atoms with van der Waals surface area (Å²) in [5.41, 5.74) is 0.755. The number of nitrogens with one attached hydrogen (secondary N) is 1. The van der Waals surface area contributed by atoms with Crippen LogP contribution in [0, 0.1) is 0 Å². The number of pyridine rings is 1.